The highest BCUT2D eigenvalue weighted by Crippen LogP contribution is 2.20. The van der Waals surface area contributed by atoms with Crippen LogP contribution in [-0.4, -0.2) is 74.0 Å². The maximum Gasteiger partial charge on any atom is 0.306 e. The van der Waals surface area contributed by atoms with Crippen molar-refractivity contribution in [3.8, 4) is 0 Å². The fourth-order valence-corrected chi connectivity index (χ4v) is 7.41. The van der Waals surface area contributed by atoms with Gasteiger partial charge < -0.3 is 20.3 Å². The van der Waals surface area contributed by atoms with Gasteiger partial charge in [-0.25, -0.2) is 0 Å². The van der Waals surface area contributed by atoms with Crippen molar-refractivity contribution in [3.63, 3.8) is 0 Å². The lowest BCUT2D eigenvalue weighted by atomic mass is 9.93. The number of carbonyl (C=O) groups is 3. The SMILES string of the molecule is CCCCCCCCCCCCCCCCOC(=O)CCSCCC(NC(=O)C(CCCCCC)CCCCCCCC)C(=O)NCCN(C)C. The van der Waals surface area contributed by atoms with Crippen molar-refractivity contribution in [3.05, 3.63) is 0 Å². The Morgan fingerprint density at radius 1 is 0.569 bits per heavy atom. The van der Waals surface area contributed by atoms with Gasteiger partial charge in [0, 0.05) is 24.8 Å². The standard InChI is InChI=1S/C43H85N3O4S/c1-6-9-12-15-17-18-19-20-21-22-23-24-26-29-36-50-41(47)33-38-51-37-32-40(43(49)44-34-35-46(4)5)45-42(48)39(30-27-14-11-8-3)31-28-25-16-13-10-7-2/h39-40H,6-38H2,1-5H3,(H,44,49)(H,45,48). The Balaban J connectivity index is 4.44. The topological polar surface area (TPSA) is 87.7 Å². The van der Waals surface area contributed by atoms with Gasteiger partial charge in [-0.2, -0.15) is 11.8 Å². The van der Waals surface area contributed by atoms with E-state index in [0.717, 1.165) is 51.5 Å². The molecule has 0 aromatic carbocycles. The zero-order valence-electron chi connectivity index (χ0n) is 34.5. The number of hydrogen-bond acceptors (Lipinski definition) is 6. The number of thioether (sulfide) groups is 1. The number of unbranched alkanes of at least 4 members (excludes halogenated alkanes) is 21. The molecule has 0 aliphatic carbocycles. The summed E-state index contributed by atoms with van der Waals surface area (Å²) in [6, 6.07) is -0.554. The van der Waals surface area contributed by atoms with E-state index in [1.165, 1.54) is 122 Å². The summed E-state index contributed by atoms with van der Waals surface area (Å²) in [5.74, 6) is 1.12. The summed E-state index contributed by atoms with van der Waals surface area (Å²) >= 11 is 1.66. The van der Waals surface area contributed by atoms with Crippen molar-refractivity contribution in [2.75, 3.05) is 45.3 Å². The molecule has 0 bridgehead atoms. The largest absolute Gasteiger partial charge is 0.466 e. The molecule has 2 amide bonds. The van der Waals surface area contributed by atoms with Crippen LogP contribution in [0.5, 0.6) is 0 Å². The minimum absolute atomic E-state index is 0.0323. The number of nitrogens with zero attached hydrogens (tertiary/aromatic N) is 1. The van der Waals surface area contributed by atoms with Crippen LogP contribution in [0.4, 0.5) is 0 Å². The molecule has 302 valence electrons. The van der Waals surface area contributed by atoms with Gasteiger partial charge in [0.05, 0.1) is 13.0 Å². The Kier molecular flexibility index (Phi) is 37.5. The molecule has 8 heteroatoms. The van der Waals surface area contributed by atoms with Crippen molar-refractivity contribution in [1.82, 2.24) is 15.5 Å². The number of likely N-dealkylation sites (N-methyl/N-ethyl adjacent to an activating group) is 1. The van der Waals surface area contributed by atoms with Gasteiger partial charge in [0.25, 0.3) is 0 Å². The molecule has 0 aliphatic heterocycles. The van der Waals surface area contributed by atoms with Gasteiger partial charge >= 0.3 is 5.97 Å². The molecule has 0 aromatic rings. The second-order valence-corrected chi connectivity index (χ2v) is 16.5. The van der Waals surface area contributed by atoms with Gasteiger partial charge in [0.1, 0.15) is 6.04 Å². The zero-order valence-corrected chi connectivity index (χ0v) is 35.3. The normalized spacial score (nSPS) is 12.6. The van der Waals surface area contributed by atoms with Crippen molar-refractivity contribution < 1.29 is 19.1 Å². The molecule has 0 aromatic heterocycles. The third kappa shape index (κ3) is 34.3. The van der Waals surface area contributed by atoms with Crippen LogP contribution in [0.2, 0.25) is 0 Å². The molecular formula is C43H85N3O4S. The Hall–Kier alpha value is -1.28. The first kappa shape index (κ1) is 49.7. The second-order valence-electron chi connectivity index (χ2n) is 15.2. The number of carbonyl (C=O) groups excluding carboxylic acids is 3. The maximum absolute atomic E-state index is 13.6. The highest BCUT2D eigenvalue weighted by molar-refractivity contribution is 7.99. The van der Waals surface area contributed by atoms with E-state index in [0.29, 0.717) is 37.5 Å². The van der Waals surface area contributed by atoms with Crippen molar-refractivity contribution >= 4 is 29.5 Å². The third-order valence-corrected chi connectivity index (χ3v) is 11.0. The summed E-state index contributed by atoms with van der Waals surface area (Å²) in [7, 11) is 3.97. The Labute approximate surface area is 321 Å². The molecule has 2 unspecified atom stereocenters. The molecule has 7 nitrogen and oxygen atoms in total. The highest BCUT2D eigenvalue weighted by Gasteiger charge is 2.25. The smallest absolute Gasteiger partial charge is 0.306 e. The molecule has 0 rings (SSSR count). The van der Waals surface area contributed by atoms with Crippen molar-refractivity contribution in [2.45, 2.75) is 207 Å². The molecule has 51 heavy (non-hydrogen) atoms. The Bertz CT molecular complexity index is 797. The third-order valence-electron chi connectivity index (χ3n) is 9.94. The van der Waals surface area contributed by atoms with Crippen molar-refractivity contribution in [1.29, 1.82) is 0 Å². The summed E-state index contributed by atoms with van der Waals surface area (Å²) in [4.78, 5) is 41.1. The van der Waals surface area contributed by atoms with E-state index in [4.69, 9.17) is 4.74 Å². The quantitative estimate of drug-likeness (QED) is 0.0482. The Morgan fingerprint density at radius 3 is 1.51 bits per heavy atom. The van der Waals surface area contributed by atoms with Gasteiger partial charge in [-0.1, -0.05) is 168 Å². The van der Waals surface area contributed by atoms with Crippen LogP contribution in [-0.2, 0) is 19.1 Å². The molecular weight excluding hydrogens is 655 g/mol. The lowest BCUT2D eigenvalue weighted by Gasteiger charge is -2.23. The molecule has 2 N–H and O–H groups in total. The molecule has 0 saturated heterocycles. The lowest BCUT2D eigenvalue weighted by molar-refractivity contribution is -0.143. The van der Waals surface area contributed by atoms with E-state index in [-0.39, 0.29) is 23.7 Å². The minimum atomic E-state index is -0.554. The van der Waals surface area contributed by atoms with Crippen LogP contribution in [0.15, 0.2) is 0 Å². The number of ether oxygens (including phenoxy) is 1. The van der Waals surface area contributed by atoms with Crippen molar-refractivity contribution in [2.24, 2.45) is 5.92 Å². The summed E-state index contributed by atoms with van der Waals surface area (Å²) in [6.45, 7) is 8.54. The van der Waals surface area contributed by atoms with Gasteiger partial charge in [-0.05, 0) is 45.5 Å². The molecule has 0 fully saturated rings. The van der Waals surface area contributed by atoms with Crippen LogP contribution in [0.25, 0.3) is 0 Å². The summed E-state index contributed by atoms with van der Waals surface area (Å²) in [5, 5.41) is 6.19. The van der Waals surface area contributed by atoms with E-state index >= 15 is 0 Å². The van der Waals surface area contributed by atoms with Crippen LogP contribution in [0.3, 0.4) is 0 Å². The van der Waals surface area contributed by atoms with Crippen LogP contribution in [0, 0.1) is 5.92 Å². The fraction of sp³-hybridized carbons (Fsp3) is 0.930. The van der Waals surface area contributed by atoms with Crippen LogP contribution < -0.4 is 10.6 Å². The van der Waals surface area contributed by atoms with Gasteiger partial charge in [-0.15, -0.1) is 0 Å². The van der Waals surface area contributed by atoms with Crippen LogP contribution >= 0.6 is 11.8 Å². The monoisotopic (exact) mass is 740 g/mol. The number of nitrogens with one attached hydrogen (secondary N) is 2. The fourth-order valence-electron chi connectivity index (χ4n) is 6.49. The van der Waals surface area contributed by atoms with Crippen LogP contribution in [0.1, 0.15) is 201 Å². The first-order valence-corrected chi connectivity index (χ1v) is 23.0. The summed E-state index contributed by atoms with van der Waals surface area (Å²) < 4.78 is 5.49. The first-order chi connectivity index (χ1) is 24.8. The molecule has 0 radical (unpaired) electrons. The minimum Gasteiger partial charge on any atom is -0.466 e. The van der Waals surface area contributed by atoms with E-state index < -0.39 is 6.04 Å². The molecule has 0 spiro atoms. The maximum atomic E-state index is 13.6. The average Bonchev–Trinajstić information content (AvgIpc) is 3.11. The van der Waals surface area contributed by atoms with Gasteiger partial charge in [0.15, 0.2) is 0 Å². The first-order valence-electron chi connectivity index (χ1n) is 21.8. The highest BCUT2D eigenvalue weighted by atomic mass is 32.2. The van der Waals surface area contributed by atoms with E-state index in [1.54, 1.807) is 11.8 Å². The molecule has 0 aliphatic rings. The zero-order chi connectivity index (χ0) is 37.6. The van der Waals surface area contributed by atoms with E-state index in [2.05, 4.69) is 31.4 Å². The Morgan fingerprint density at radius 2 is 1.02 bits per heavy atom. The lowest BCUT2D eigenvalue weighted by Crippen LogP contribution is -2.49. The van der Waals surface area contributed by atoms with E-state index in [9.17, 15) is 14.4 Å². The van der Waals surface area contributed by atoms with E-state index in [1.807, 2.05) is 19.0 Å². The summed E-state index contributed by atoms with van der Waals surface area (Å²) in [6.07, 6.45) is 33.0. The predicted octanol–water partition coefficient (Wildman–Crippen LogP) is 11.0. The molecule has 0 saturated carbocycles. The molecule has 0 heterocycles. The number of hydrogen-bond donors (Lipinski definition) is 2. The number of esters is 1. The van der Waals surface area contributed by atoms with Gasteiger partial charge in [0.2, 0.25) is 11.8 Å². The second kappa shape index (κ2) is 38.4. The average molecular weight is 740 g/mol. The number of amides is 2. The number of rotatable bonds is 39. The molecule has 2 atom stereocenters. The van der Waals surface area contributed by atoms with Gasteiger partial charge in [-0.3, -0.25) is 14.4 Å². The summed E-state index contributed by atoms with van der Waals surface area (Å²) in [5.41, 5.74) is 0. The predicted molar refractivity (Wildman–Crippen MR) is 222 cm³/mol.